The molecule has 16 heavy (non-hydrogen) atoms. The van der Waals surface area contributed by atoms with Gasteiger partial charge in [-0.05, 0) is 18.3 Å². The predicted octanol–water partition coefficient (Wildman–Crippen LogP) is 1.80. The van der Waals surface area contributed by atoms with Gasteiger partial charge in [-0.2, -0.15) is 0 Å². The summed E-state index contributed by atoms with van der Waals surface area (Å²) in [6.45, 7) is 8.49. The van der Waals surface area contributed by atoms with Crippen molar-refractivity contribution in [2.45, 2.75) is 53.4 Å². The lowest BCUT2D eigenvalue weighted by Crippen LogP contribution is -2.37. The standard InChI is InChI=1S/C12H24N2O2/c1-5-6-10(15)13-9-14-11(16)7-8-12(2,3)4/h5-9H2,1-4H3,(H,13,15)(H,14,16). The number of rotatable bonds is 6. The van der Waals surface area contributed by atoms with E-state index in [9.17, 15) is 9.59 Å². The fourth-order valence-corrected chi connectivity index (χ4v) is 1.13. The van der Waals surface area contributed by atoms with E-state index in [1.54, 1.807) is 0 Å². The van der Waals surface area contributed by atoms with Gasteiger partial charge in [0, 0.05) is 12.8 Å². The zero-order valence-electron chi connectivity index (χ0n) is 10.9. The molecule has 2 N–H and O–H groups in total. The van der Waals surface area contributed by atoms with E-state index in [0.29, 0.717) is 12.8 Å². The minimum atomic E-state index is -0.0152. The Morgan fingerprint density at radius 1 is 1.00 bits per heavy atom. The molecule has 0 aliphatic carbocycles. The number of hydrogen-bond acceptors (Lipinski definition) is 2. The molecule has 0 rings (SSSR count). The average molecular weight is 228 g/mol. The van der Waals surface area contributed by atoms with Crippen LogP contribution in [-0.2, 0) is 9.59 Å². The first-order valence-electron chi connectivity index (χ1n) is 5.88. The molecule has 0 aromatic carbocycles. The zero-order valence-corrected chi connectivity index (χ0v) is 10.9. The Kier molecular flexibility index (Phi) is 6.77. The van der Waals surface area contributed by atoms with E-state index >= 15 is 0 Å². The van der Waals surface area contributed by atoms with Gasteiger partial charge in [0.1, 0.15) is 0 Å². The highest BCUT2D eigenvalue weighted by atomic mass is 16.2. The Morgan fingerprint density at radius 2 is 1.50 bits per heavy atom. The molecule has 0 unspecified atom stereocenters. The summed E-state index contributed by atoms with van der Waals surface area (Å²) in [4.78, 5) is 22.4. The van der Waals surface area contributed by atoms with Crippen LogP contribution in [0.5, 0.6) is 0 Å². The van der Waals surface area contributed by atoms with Crippen molar-refractivity contribution in [3.8, 4) is 0 Å². The summed E-state index contributed by atoms with van der Waals surface area (Å²) in [6, 6.07) is 0. The maximum atomic E-state index is 11.4. The third-order valence-electron chi connectivity index (χ3n) is 2.15. The Morgan fingerprint density at radius 3 is 1.94 bits per heavy atom. The van der Waals surface area contributed by atoms with Crippen LogP contribution in [0.2, 0.25) is 0 Å². The fraction of sp³-hybridized carbons (Fsp3) is 0.833. The van der Waals surface area contributed by atoms with Crippen LogP contribution in [0.25, 0.3) is 0 Å². The second kappa shape index (κ2) is 7.25. The van der Waals surface area contributed by atoms with Gasteiger partial charge in [-0.3, -0.25) is 9.59 Å². The molecular weight excluding hydrogens is 204 g/mol. The molecule has 0 radical (unpaired) electrons. The first-order chi connectivity index (χ1) is 7.35. The van der Waals surface area contributed by atoms with Crippen LogP contribution < -0.4 is 10.6 Å². The van der Waals surface area contributed by atoms with Crippen molar-refractivity contribution >= 4 is 11.8 Å². The molecule has 0 heterocycles. The molecule has 0 saturated carbocycles. The summed E-state index contributed by atoms with van der Waals surface area (Å²) in [6.07, 6.45) is 2.69. The largest absolute Gasteiger partial charge is 0.339 e. The van der Waals surface area contributed by atoms with Gasteiger partial charge in [-0.25, -0.2) is 0 Å². The molecule has 0 aliphatic heterocycles. The Hall–Kier alpha value is -1.06. The summed E-state index contributed by atoms with van der Waals surface area (Å²) in [7, 11) is 0. The summed E-state index contributed by atoms with van der Waals surface area (Å²) in [5.74, 6) is -0.0228. The molecular formula is C12H24N2O2. The Balaban J connectivity index is 3.55. The maximum absolute atomic E-state index is 11.4. The molecule has 4 nitrogen and oxygen atoms in total. The van der Waals surface area contributed by atoms with Crippen molar-refractivity contribution in [1.82, 2.24) is 10.6 Å². The third kappa shape index (κ3) is 9.49. The topological polar surface area (TPSA) is 58.2 Å². The van der Waals surface area contributed by atoms with E-state index in [1.807, 2.05) is 6.92 Å². The lowest BCUT2D eigenvalue weighted by Gasteiger charge is -2.17. The van der Waals surface area contributed by atoms with E-state index in [0.717, 1.165) is 12.8 Å². The van der Waals surface area contributed by atoms with Crippen molar-refractivity contribution in [3.63, 3.8) is 0 Å². The molecule has 0 aromatic heterocycles. The first-order valence-corrected chi connectivity index (χ1v) is 5.88. The van der Waals surface area contributed by atoms with Gasteiger partial charge in [0.15, 0.2) is 0 Å². The molecule has 0 fully saturated rings. The van der Waals surface area contributed by atoms with E-state index < -0.39 is 0 Å². The molecule has 4 heteroatoms. The Labute approximate surface area is 98.2 Å². The third-order valence-corrected chi connectivity index (χ3v) is 2.15. The monoisotopic (exact) mass is 228 g/mol. The summed E-state index contributed by atoms with van der Waals surface area (Å²) >= 11 is 0. The van der Waals surface area contributed by atoms with Crippen LogP contribution in [0.15, 0.2) is 0 Å². The van der Waals surface area contributed by atoms with Crippen LogP contribution in [0.4, 0.5) is 0 Å². The van der Waals surface area contributed by atoms with Crippen LogP contribution in [0.3, 0.4) is 0 Å². The van der Waals surface area contributed by atoms with Crippen molar-refractivity contribution in [2.75, 3.05) is 6.67 Å². The lowest BCUT2D eigenvalue weighted by atomic mass is 9.90. The van der Waals surface area contributed by atoms with Crippen molar-refractivity contribution in [2.24, 2.45) is 5.41 Å². The van der Waals surface area contributed by atoms with E-state index in [4.69, 9.17) is 0 Å². The van der Waals surface area contributed by atoms with Gasteiger partial charge in [0.25, 0.3) is 0 Å². The molecule has 0 spiro atoms. The average Bonchev–Trinajstić information content (AvgIpc) is 2.14. The second-order valence-electron chi connectivity index (χ2n) is 5.19. The van der Waals surface area contributed by atoms with Gasteiger partial charge in [0.05, 0.1) is 6.67 Å². The fourth-order valence-electron chi connectivity index (χ4n) is 1.13. The minimum absolute atomic E-state index is 0.00766. The highest BCUT2D eigenvalue weighted by Gasteiger charge is 2.12. The van der Waals surface area contributed by atoms with Gasteiger partial charge < -0.3 is 10.6 Å². The molecule has 0 saturated heterocycles. The van der Waals surface area contributed by atoms with Gasteiger partial charge in [-0.15, -0.1) is 0 Å². The summed E-state index contributed by atoms with van der Waals surface area (Å²) < 4.78 is 0. The van der Waals surface area contributed by atoms with Crippen LogP contribution in [0.1, 0.15) is 53.4 Å². The number of amides is 2. The number of carbonyl (C=O) groups excluding carboxylic acids is 2. The van der Waals surface area contributed by atoms with Crippen molar-refractivity contribution in [1.29, 1.82) is 0 Å². The smallest absolute Gasteiger partial charge is 0.221 e. The molecule has 0 bridgehead atoms. The first kappa shape index (κ1) is 14.9. The predicted molar refractivity (Wildman–Crippen MR) is 64.7 cm³/mol. The van der Waals surface area contributed by atoms with Crippen molar-refractivity contribution < 1.29 is 9.59 Å². The summed E-state index contributed by atoms with van der Waals surface area (Å²) in [5.41, 5.74) is 0.169. The highest BCUT2D eigenvalue weighted by Crippen LogP contribution is 2.19. The van der Waals surface area contributed by atoms with Crippen LogP contribution in [-0.4, -0.2) is 18.5 Å². The number of hydrogen-bond donors (Lipinski definition) is 2. The number of carbonyl (C=O) groups is 2. The van der Waals surface area contributed by atoms with Crippen LogP contribution >= 0.6 is 0 Å². The molecule has 0 atom stereocenters. The summed E-state index contributed by atoms with van der Waals surface area (Å²) in [5, 5.41) is 5.31. The maximum Gasteiger partial charge on any atom is 0.221 e. The minimum Gasteiger partial charge on any atom is -0.339 e. The van der Waals surface area contributed by atoms with Gasteiger partial charge in [0.2, 0.25) is 11.8 Å². The highest BCUT2D eigenvalue weighted by molar-refractivity contribution is 5.78. The normalized spacial score (nSPS) is 11.0. The van der Waals surface area contributed by atoms with Gasteiger partial charge >= 0.3 is 0 Å². The van der Waals surface area contributed by atoms with Crippen molar-refractivity contribution in [3.05, 3.63) is 0 Å². The van der Waals surface area contributed by atoms with Crippen LogP contribution in [0, 0.1) is 5.41 Å². The van der Waals surface area contributed by atoms with E-state index in [2.05, 4.69) is 31.4 Å². The van der Waals surface area contributed by atoms with Gasteiger partial charge in [-0.1, -0.05) is 27.7 Å². The second-order valence-corrected chi connectivity index (χ2v) is 5.19. The van der Waals surface area contributed by atoms with E-state index in [1.165, 1.54) is 0 Å². The molecule has 2 amide bonds. The molecule has 0 aromatic rings. The molecule has 94 valence electrons. The van der Waals surface area contributed by atoms with E-state index in [-0.39, 0.29) is 23.9 Å². The number of nitrogens with one attached hydrogen (secondary N) is 2. The zero-order chi connectivity index (χ0) is 12.6. The quantitative estimate of drug-likeness (QED) is 0.681. The molecule has 0 aliphatic rings. The lowest BCUT2D eigenvalue weighted by molar-refractivity contribution is -0.123. The SMILES string of the molecule is CCCC(=O)NCNC(=O)CCC(C)(C)C. The Bertz CT molecular complexity index is 232.